The second-order valence-electron chi connectivity index (χ2n) is 3.19. The van der Waals surface area contributed by atoms with E-state index in [2.05, 4.69) is 16.6 Å². The molecule has 0 saturated carbocycles. The third kappa shape index (κ3) is 1.66. The lowest BCUT2D eigenvalue weighted by molar-refractivity contribution is 1.36. The molecular weight excluding hydrogens is 184 g/mol. The van der Waals surface area contributed by atoms with E-state index in [4.69, 9.17) is 0 Å². The van der Waals surface area contributed by atoms with Gasteiger partial charge in [-0.25, -0.2) is 0 Å². The van der Waals surface area contributed by atoms with Crippen LogP contribution in [0, 0.1) is 0 Å². The van der Waals surface area contributed by atoms with E-state index in [0.29, 0.717) is 0 Å². The first-order valence-corrected chi connectivity index (χ1v) is 4.84. The van der Waals surface area contributed by atoms with Crippen LogP contribution in [0.1, 0.15) is 12.5 Å². The Morgan fingerprint density at radius 1 is 1.33 bits per heavy atom. The average Bonchev–Trinajstić information content (AvgIpc) is 2.30. The summed E-state index contributed by atoms with van der Waals surface area (Å²) in [7, 11) is 0. The van der Waals surface area contributed by atoms with Gasteiger partial charge < -0.3 is 0 Å². The topological polar surface area (TPSA) is 25.2 Å². The normalized spacial score (nSPS) is 11.0. The average molecular weight is 196 g/mol. The zero-order valence-electron chi connectivity index (χ0n) is 8.64. The second-order valence-corrected chi connectivity index (χ2v) is 3.19. The van der Waals surface area contributed by atoms with Crippen molar-refractivity contribution in [3.63, 3.8) is 0 Å². The Morgan fingerprint density at radius 2 is 2.20 bits per heavy atom. The van der Waals surface area contributed by atoms with Crippen LogP contribution in [0.15, 0.2) is 42.2 Å². The number of aliphatic imine (C=N–C) groups is 1. The van der Waals surface area contributed by atoms with Crippen molar-refractivity contribution in [1.29, 1.82) is 0 Å². The minimum absolute atomic E-state index is 0.965. The lowest BCUT2D eigenvalue weighted by atomic mass is 10.1. The molecule has 0 N–H and O–H groups in total. The summed E-state index contributed by atoms with van der Waals surface area (Å²) in [5.74, 6) is 0. The van der Waals surface area contributed by atoms with Gasteiger partial charge in [-0.05, 0) is 13.0 Å². The fourth-order valence-corrected chi connectivity index (χ4v) is 1.61. The van der Waals surface area contributed by atoms with Crippen LogP contribution in [-0.4, -0.2) is 11.2 Å². The summed E-state index contributed by atoms with van der Waals surface area (Å²) in [5, 5.41) is 2.21. The fraction of sp³-hybridized carbons (Fsp3) is 0.0769. The van der Waals surface area contributed by atoms with Crippen molar-refractivity contribution in [2.45, 2.75) is 6.92 Å². The number of rotatable bonds is 2. The summed E-state index contributed by atoms with van der Waals surface area (Å²) in [4.78, 5) is 8.47. The molecule has 0 aliphatic carbocycles. The van der Waals surface area contributed by atoms with E-state index >= 15 is 0 Å². The first-order chi connectivity index (χ1) is 7.36. The lowest BCUT2D eigenvalue weighted by Crippen LogP contribution is -1.80. The van der Waals surface area contributed by atoms with E-state index in [1.54, 1.807) is 12.4 Å². The van der Waals surface area contributed by atoms with Gasteiger partial charge in [-0.3, -0.25) is 9.98 Å². The summed E-state index contributed by atoms with van der Waals surface area (Å²) in [6, 6.07) is 6.03. The number of hydrogen-bond acceptors (Lipinski definition) is 2. The molecule has 0 spiro atoms. The van der Waals surface area contributed by atoms with Crippen molar-refractivity contribution in [1.82, 2.24) is 4.98 Å². The van der Waals surface area contributed by atoms with Crippen molar-refractivity contribution in [2.75, 3.05) is 0 Å². The number of nitrogens with zero attached hydrogens (tertiary/aromatic N) is 2. The van der Waals surface area contributed by atoms with Gasteiger partial charge in [0.15, 0.2) is 0 Å². The molecule has 1 aromatic carbocycles. The minimum atomic E-state index is 0.965. The van der Waals surface area contributed by atoms with Crippen LogP contribution in [0.4, 0.5) is 5.69 Å². The van der Waals surface area contributed by atoms with E-state index in [1.165, 1.54) is 0 Å². The molecule has 2 heteroatoms. The maximum absolute atomic E-state index is 4.38. The Labute approximate surface area is 89.0 Å². The molecule has 2 rings (SSSR count). The molecule has 0 radical (unpaired) electrons. The summed E-state index contributed by atoms with van der Waals surface area (Å²) < 4.78 is 0. The van der Waals surface area contributed by atoms with Gasteiger partial charge in [0.05, 0.1) is 5.69 Å². The van der Waals surface area contributed by atoms with Crippen LogP contribution in [0.25, 0.3) is 16.8 Å². The van der Waals surface area contributed by atoms with Crippen molar-refractivity contribution >= 4 is 28.8 Å². The summed E-state index contributed by atoms with van der Waals surface area (Å²) in [6.07, 6.45) is 7.24. The highest BCUT2D eigenvalue weighted by atomic mass is 14.7. The highest BCUT2D eigenvalue weighted by molar-refractivity contribution is 5.96. The smallest absolute Gasteiger partial charge is 0.0777 e. The predicted molar refractivity (Wildman–Crippen MR) is 65.7 cm³/mol. The number of hydrogen-bond donors (Lipinski definition) is 0. The van der Waals surface area contributed by atoms with Gasteiger partial charge in [0.2, 0.25) is 0 Å². The fourth-order valence-electron chi connectivity index (χ4n) is 1.61. The van der Waals surface area contributed by atoms with Gasteiger partial charge >= 0.3 is 0 Å². The van der Waals surface area contributed by atoms with E-state index in [1.807, 2.05) is 37.4 Å². The Morgan fingerprint density at radius 3 is 2.93 bits per heavy atom. The number of benzene rings is 1. The molecule has 0 saturated heterocycles. The van der Waals surface area contributed by atoms with Crippen LogP contribution >= 0.6 is 0 Å². The van der Waals surface area contributed by atoms with E-state index in [9.17, 15) is 0 Å². The molecule has 15 heavy (non-hydrogen) atoms. The Balaban J connectivity index is 2.84. The van der Waals surface area contributed by atoms with Gasteiger partial charge in [0.25, 0.3) is 0 Å². The van der Waals surface area contributed by atoms with Crippen molar-refractivity contribution < 1.29 is 0 Å². The molecule has 0 bridgehead atoms. The monoisotopic (exact) mass is 196 g/mol. The molecule has 1 aromatic heterocycles. The van der Waals surface area contributed by atoms with Crippen LogP contribution in [0.2, 0.25) is 0 Å². The molecule has 2 aromatic rings. The summed E-state index contributed by atoms with van der Waals surface area (Å²) in [6.45, 7) is 5.70. The van der Waals surface area contributed by atoms with Gasteiger partial charge in [-0.15, -0.1) is 0 Å². The maximum atomic E-state index is 4.38. The third-order valence-electron chi connectivity index (χ3n) is 2.30. The summed E-state index contributed by atoms with van der Waals surface area (Å²) >= 11 is 0. The van der Waals surface area contributed by atoms with Crippen LogP contribution < -0.4 is 0 Å². The first kappa shape index (κ1) is 9.59. The SMILES string of the molecule is C=Cc1ccc2cnccc2c1/N=C\C. The zero-order chi connectivity index (χ0) is 10.7. The molecule has 0 atom stereocenters. The minimum Gasteiger partial charge on any atom is -0.264 e. The van der Waals surface area contributed by atoms with Crippen LogP contribution in [-0.2, 0) is 0 Å². The van der Waals surface area contributed by atoms with E-state index in [0.717, 1.165) is 22.0 Å². The molecule has 2 nitrogen and oxygen atoms in total. The van der Waals surface area contributed by atoms with Crippen molar-refractivity contribution in [2.24, 2.45) is 4.99 Å². The standard InChI is InChI=1S/C13H12N2/c1-3-10-5-6-11-9-14-8-7-12(11)13(10)15-4-2/h3-9H,1H2,2H3/b15-4-. The molecule has 1 heterocycles. The van der Waals surface area contributed by atoms with Gasteiger partial charge in [0.1, 0.15) is 0 Å². The van der Waals surface area contributed by atoms with Crippen molar-refractivity contribution in [3.8, 4) is 0 Å². The van der Waals surface area contributed by atoms with Crippen LogP contribution in [0.5, 0.6) is 0 Å². The molecule has 0 amide bonds. The second kappa shape index (κ2) is 4.05. The first-order valence-electron chi connectivity index (χ1n) is 4.84. The van der Waals surface area contributed by atoms with Crippen LogP contribution in [0.3, 0.4) is 0 Å². The third-order valence-corrected chi connectivity index (χ3v) is 2.30. The highest BCUT2D eigenvalue weighted by Gasteiger charge is 2.03. The van der Waals surface area contributed by atoms with E-state index in [-0.39, 0.29) is 0 Å². The Hall–Kier alpha value is -1.96. The molecule has 0 unspecified atom stereocenters. The lowest BCUT2D eigenvalue weighted by Gasteiger charge is -2.04. The molecule has 0 aliphatic heterocycles. The molecular formula is C13H12N2. The number of fused-ring (bicyclic) bond motifs is 1. The largest absolute Gasteiger partial charge is 0.264 e. The van der Waals surface area contributed by atoms with Gasteiger partial charge in [-0.2, -0.15) is 0 Å². The molecule has 0 fully saturated rings. The maximum Gasteiger partial charge on any atom is 0.0777 e. The van der Waals surface area contributed by atoms with Gasteiger partial charge in [0, 0.05) is 34.9 Å². The predicted octanol–water partition coefficient (Wildman–Crippen LogP) is 3.60. The zero-order valence-corrected chi connectivity index (χ0v) is 8.64. The number of pyridine rings is 1. The quantitative estimate of drug-likeness (QED) is 0.674. The molecule has 74 valence electrons. The Bertz CT molecular complexity index is 527. The van der Waals surface area contributed by atoms with E-state index < -0.39 is 0 Å². The highest BCUT2D eigenvalue weighted by Crippen LogP contribution is 2.29. The van der Waals surface area contributed by atoms with Gasteiger partial charge in [-0.1, -0.05) is 24.8 Å². The number of aromatic nitrogens is 1. The molecule has 0 aliphatic rings. The Kier molecular flexibility index (Phi) is 2.59. The summed E-state index contributed by atoms with van der Waals surface area (Å²) in [5.41, 5.74) is 2.01. The van der Waals surface area contributed by atoms with Crippen molar-refractivity contribution in [3.05, 3.63) is 42.7 Å².